The molecule has 0 atom stereocenters. The first-order valence-corrected chi connectivity index (χ1v) is 4.01. The second-order valence-electron chi connectivity index (χ2n) is 2.86. The Morgan fingerprint density at radius 3 is 3.08 bits per heavy atom. The lowest BCUT2D eigenvalue weighted by molar-refractivity contribution is 0.637. The Labute approximate surface area is 74.7 Å². The van der Waals surface area contributed by atoms with Crippen molar-refractivity contribution >= 4 is 10.9 Å². The third kappa shape index (κ3) is 1.30. The third-order valence-corrected chi connectivity index (χ3v) is 2.03. The highest BCUT2D eigenvalue weighted by atomic mass is 19.1. The number of benzene rings is 1. The van der Waals surface area contributed by atoms with Gasteiger partial charge in [0.2, 0.25) is 0 Å². The fourth-order valence-electron chi connectivity index (χ4n) is 1.46. The molecular weight excluding hydrogens is 169 g/mol. The van der Waals surface area contributed by atoms with Crippen molar-refractivity contribution in [2.75, 3.05) is 0 Å². The average molecular weight is 179 g/mol. The van der Waals surface area contributed by atoms with Gasteiger partial charge in [0.1, 0.15) is 5.82 Å². The summed E-state index contributed by atoms with van der Waals surface area (Å²) in [6.45, 7) is 0.459. The van der Waals surface area contributed by atoms with Crippen molar-refractivity contribution in [3.05, 3.63) is 35.8 Å². The van der Waals surface area contributed by atoms with Crippen LogP contribution < -0.4 is 11.3 Å². The number of halogens is 1. The lowest BCUT2D eigenvalue weighted by atomic mass is 10.1. The van der Waals surface area contributed by atoms with Gasteiger partial charge in [-0.2, -0.15) is 0 Å². The van der Waals surface area contributed by atoms with Crippen molar-refractivity contribution in [3.63, 3.8) is 0 Å². The number of hydrazine groups is 1. The van der Waals surface area contributed by atoms with Gasteiger partial charge in [-0.1, -0.05) is 6.07 Å². The van der Waals surface area contributed by atoms with E-state index >= 15 is 0 Å². The van der Waals surface area contributed by atoms with Gasteiger partial charge in [-0.05, 0) is 17.7 Å². The van der Waals surface area contributed by atoms with Crippen molar-refractivity contribution in [2.24, 2.45) is 5.84 Å². The van der Waals surface area contributed by atoms with Crippen LogP contribution in [0.25, 0.3) is 10.9 Å². The number of nitrogens with two attached hydrogens (primary N) is 1. The Bertz CT molecular complexity index is 422. The quantitative estimate of drug-likeness (QED) is 0.480. The number of nitrogens with one attached hydrogen (secondary N) is 2. The molecule has 0 spiro atoms. The molecule has 4 N–H and O–H groups in total. The summed E-state index contributed by atoms with van der Waals surface area (Å²) in [4.78, 5) is 2.98. The first-order valence-electron chi connectivity index (χ1n) is 4.01. The van der Waals surface area contributed by atoms with Gasteiger partial charge in [0.15, 0.2) is 0 Å². The van der Waals surface area contributed by atoms with Crippen LogP contribution in [0.15, 0.2) is 24.4 Å². The number of hydrogen-bond acceptors (Lipinski definition) is 2. The van der Waals surface area contributed by atoms with Gasteiger partial charge in [0.05, 0.1) is 0 Å². The second kappa shape index (κ2) is 3.16. The van der Waals surface area contributed by atoms with Crippen LogP contribution in [0.3, 0.4) is 0 Å². The minimum Gasteiger partial charge on any atom is -0.361 e. The summed E-state index contributed by atoms with van der Waals surface area (Å²) in [5, 5.41) is 0.612. The maximum atomic E-state index is 13.3. The van der Waals surface area contributed by atoms with E-state index in [0.29, 0.717) is 11.9 Å². The standard InChI is InChI=1S/C9H10FN3/c10-7-2-1-3-8-9(7)6(4-12-8)5-13-11/h1-4,12-13H,5,11H2. The van der Waals surface area contributed by atoms with Crippen molar-refractivity contribution in [2.45, 2.75) is 6.54 Å². The van der Waals surface area contributed by atoms with Crippen molar-refractivity contribution in [1.82, 2.24) is 10.4 Å². The van der Waals surface area contributed by atoms with Crippen LogP contribution in [-0.2, 0) is 6.54 Å². The highest BCUT2D eigenvalue weighted by molar-refractivity contribution is 5.83. The first-order chi connectivity index (χ1) is 6.33. The van der Waals surface area contributed by atoms with Gasteiger partial charge in [0.25, 0.3) is 0 Å². The van der Waals surface area contributed by atoms with E-state index in [-0.39, 0.29) is 5.82 Å². The van der Waals surface area contributed by atoms with E-state index in [1.54, 1.807) is 12.3 Å². The summed E-state index contributed by atoms with van der Waals surface area (Å²) in [6.07, 6.45) is 1.76. The molecule has 0 radical (unpaired) electrons. The van der Waals surface area contributed by atoms with E-state index < -0.39 is 0 Å². The van der Waals surface area contributed by atoms with Gasteiger partial charge in [-0.3, -0.25) is 11.3 Å². The molecular formula is C9H10FN3. The maximum Gasteiger partial charge on any atom is 0.132 e. The van der Waals surface area contributed by atoms with E-state index in [1.165, 1.54) is 6.07 Å². The van der Waals surface area contributed by atoms with Gasteiger partial charge in [-0.15, -0.1) is 0 Å². The lowest BCUT2D eigenvalue weighted by Gasteiger charge is -1.97. The Balaban J connectivity index is 2.64. The predicted octanol–water partition coefficient (Wildman–Crippen LogP) is 1.27. The number of aromatic amines is 1. The zero-order chi connectivity index (χ0) is 9.26. The molecule has 0 fully saturated rings. The molecule has 3 nitrogen and oxygen atoms in total. The Hall–Kier alpha value is -1.39. The Morgan fingerprint density at radius 2 is 2.31 bits per heavy atom. The molecule has 1 aromatic heterocycles. The van der Waals surface area contributed by atoms with Gasteiger partial charge in [0, 0.05) is 23.6 Å². The fraction of sp³-hybridized carbons (Fsp3) is 0.111. The average Bonchev–Trinajstić information content (AvgIpc) is 2.51. The summed E-state index contributed by atoms with van der Waals surface area (Å²) in [6, 6.07) is 4.95. The first kappa shape index (κ1) is 8.22. The highest BCUT2D eigenvalue weighted by Crippen LogP contribution is 2.20. The molecule has 0 saturated heterocycles. The number of hydrogen-bond donors (Lipinski definition) is 3. The van der Waals surface area contributed by atoms with Crippen molar-refractivity contribution in [1.29, 1.82) is 0 Å². The minimum atomic E-state index is -0.219. The monoisotopic (exact) mass is 179 g/mol. The largest absolute Gasteiger partial charge is 0.361 e. The molecule has 4 heteroatoms. The molecule has 68 valence electrons. The van der Waals surface area contributed by atoms with Crippen LogP contribution in [0.5, 0.6) is 0 Å². The Kier molecular flexibility index (Phi) is 2.00. The molecule has 0 bridgehead atoms. The van der Waals surface area contributed by atoms with Crippen molar-refractivity contribution < 1.29 is 4.39 Å². The summed E-state index contributed by atoms with van der Waals surface area (Å²) in [7, 11) is 0. The summed E-state index contributed by atoms with van der Waals surface area (Å²) in [5.74, 6) is 4.96. The normalized spacial score (nSPS) is 10.9. The molecule has 0 aliphatic heterocycles. The molecule has 0 aliphatic rings. The second-order valence-corrected chi connectivity index (χ2v) is 2.86. The molecule has 13 heavy (non-hydrogen) atoms. The minimum absolute atomic E-state index is 0.219. The molecule has 1 heterocycles. The van der Waals surface area contributed by atoms with Crippen LogP contribution in [0.2, 0.25) is 0 Å². The fourth-order valence-corrected chi connectivity index (χ4v) is 1.46. The molecule has 0 unspecified atom stereocenters. The topological polar surface area (TPSA) is 53.8 Å². The number of aromatic nitrogens is 1. The van der Waals surface area contributed by atoms with Gasteiger partial charge < -0.3 is 4.98 Å². The van der Waals surface area contributed by atoms with Gasteiger partial charge >= 0.3 is 0 Å². The van der Waals surface area contributed by atoms with Gasteiger partial charge in [-0.25, -0.2) is 4.39 Å². The Morgan fingerprint density at radius 1 is 1.46 bits per heavy atom. The van der Waals surface area contributed by atoms with E-state index in [0.717, 1.165) is 11.1 Å². The van der Waals surface area contributed by atoms with E-state index in [4.69, 9.17) is 5.84 Å². The maximum absolute atomic E-state index is 13.3. The summed E-state index contributed by atoms with van der Waals surface area (Å²) in [5.41, 5.74) is 4.14. The third-order valence-electron chi connectivity index (χ3n) is 2.03. The van der Waals surface area contributed by atoms with Crippen molar-refractivity contribution in [3.8, 4) is 0 Å². The lowest BCUT2D eigenvalue weighted by Crippen LogP contribution is -2.20. The SMILES string of the molecule is NNCc1c[nH]c2cccc(F)c12. The highest BCUT2D eigenvalue weighted by Gasteiger charge is 2.06. The van der Waals surface area contributed by atoms with Crippen LogP contribution in [0, 0.1) is 5.82 Å². The van der Waals surface area contributed by atoms with E-state index in [2.05, 4.69) is 10.4 Å². The van der Waals surface area contributed by atoms with Crippen LogP contribution in [-0.4, -0.2) is 4.98 Å². The van der Waals surface area contributed by atoms with Crippen LogP contribution >= 0.6 is 0 Å². The zero-order valence-corrected chi connectivity index (χ0v) is 6.97. The van der Waals surface area contributed by atoms with E-state index in [1.807, 2.05) is 6.07 Å². The molecule has 1 aromatic carbocycles. The molecule has 0 saturated carbocycles. The molecule has 2 rings (SSSR count). The summed E-state index contributed by atoms with van der Waals surface area (Å²) < 4.78 is 13.3. The zero-order valence-electron chi connectivity index (χ0n) is 6.97. The van der Waals surface area contributed by atoms with E-state index in [9.17, 15) is 4.39 Å². The van der Waals surface area contributed by atoms with Crippen LogP contribution in [0.1, 0.15) is 5.56 Å². The number of H-pyrrole nitrogens is 1. The number of fused-ring (bicyclic) bond motifs is 1. The summed E-state index contributed by atoms with van der Waals surface area (Å²) >= 11 is 0. The molecule has 2 aromatic rings. The number of rotatable bonds is 2. The predicted molar refractivity (Wildman–Crippen MR) is 49.3 cm³/mol. The smallest absolute Gasteiger partial charge is 0.132 e. The van der Waals surface area contributed by atoms with Crippen LogP contribution in [0.4, 0.5) is 4.39 Å². The molecule has 0 aliphatic carbocycles. The molecule has 0 amide bonds.